The summed E-state index contributed by atoms with van der Waals surface area (Å²) in [6.07, 6.45) is 0. The Hall–Kier alpha value is -6.46. The monoisotopic (exact) mass is 627 g/mol. The van der Waals surface area contributed by atoms with E-state index in [-0.39, 0.29) is 0 Å². The highest BCUT2D eigenvalue weighted by Gasteiger charge is 2.44. The van der Waals surface area contributed by atoms with E-state index in [4.69, 9.17) is 6.57 Å². The van der Waals surface area contributed by atoms with Crippen molar-refractivity contribution in [2.45, 2.75) is 0 Å². The van der Waals surface area contributed by atoms with Gasteiger partial charge >= 0.3 is 0 Å². The number of benzene rings is 7. The van der Waals surface area contributed by atoms with Crippen LogP contribution in [-0.2, 0) is 0 Å². The number of nitrogens with zero attached hydrogens (tertiary/aromatic N) is 3. The van der Waals surface area contributed by atoms with Gasteiger partial charge in [-0.15, -0.1) is 0 Å². The maximum Gasteiger partial charge on any atom is 0.188 e. The lowest BCUT2D eigenvalue weighted by atomic mass is 10.0. The second kappa shape index (κ2) is 12.0. The number of rotatable bonds is 6. The zero-order chi connectivity index (χ0) is 32.5. The molecule has 0 saturated carbocycles. The molecule has 0 atom stereocenters. The van der Waals surface area contributed by atoms with Crippen molar-refractivity contribution in [2.75, 3.05) is 0 Å². The average molecular weight is 628 g/mol. The van der Waals surface area contributed by atoms with Crippen molar-refractivity contribution >= 4 is 56.3 Å². The van der Waals surface area contributed by atoms with Gasteiger partial charge in [-0.25, -0.2) is 4.85 Å². The Kier molecular flexibility index (Phi) is 7.27. The molecule has 1 heterocycles. The van der Waals surface area contributed by atoms with Gasteiger partial charge < -0.3 is 4.57 Å². The Bertz CT molecular complexity index is 2500. The molecule has 0 aliphatic heterocycles. The molecule has 0 bridgehead atoms. The molecule has 3 nitrogen and oxygen atoms in total. The van der Waals surface area contributed by atoms with E-state index in [9.17, 15) is 5.26 Å². The lowest BCUT2D eigenvalue weighted by Crippen LogP contribution is -2.75. The standard InChI is InChI=1S/C44H29N3Si/c1-46-33-28-29-42-39(30-33)37-22-10-13-25-41(37)47(42)40-24-12-9-21-36(40)38-23-11-15-27-44(38)48(34-17-4-2-5-18-34,35-19-6-3-7-20-35)43-26-14-8-16-32(43)31-45/h2-30H. The van der Waals surface area contributed by atoms with Gasteiger partial charge in [0.2, 0.25) is 0 Å². The van der Waals surface area contributed by atoms with Gasteiger partial charge in [0.1, 0.15) is 0 Å². The molecule has 8 rings (SSSR count). The fraction of sp³-hybridized carbons (Fsp3) is 0. The normalized spacial score (nSPS) is 11.3. The van der Waals surface area contributed by atoms with Crippen molar-refractivity contribution in [2.24, 2.45) is 0 Å². The van der Waals surface area contributed by atoms with E-state index >= 15 is 0 Å². The van der Waals surface area contributed by atoms with Crippen LogP contribution in [0.4, 0.5) is 5.69 Å². The van der Waals surface area contributed by atoms with Crippen LogP contribution in [0.25, 0.3) is 43.5 Å². The summed E-state index contributed by atoms with van der Waals surface area (Å²) >= 11 is 0. The van der Waals surface area contributed by atoms with E-state index in [0.29, 0.717) is 11.3 Å². The zero-order valence-corrected chi connectivity index (χ0v) is 27.1. The summed E-state index contributed by atoms with van der Waals surface area (Å²) < 4.78 is 2.34. The van der Waals surface area contributed by atoms with Crippen molar-refractivity contribution in [3.05, 3.63) is 193 Å². The summed E-state index contributed by atoms with van der Waals surface area (Å²) in [5.74, 6) is 0. The van der Waals surface area contributed by atoms with Crippen LogP contribution in [0.1, 0.15) is 5.56 Å². The summed E-state index contributed by atoms with van der Waals surface area (Å²) in [6, 6.07) is 64.0. The minimum Gasteiger partial charge on any atom is -0.309 e. The highest BCUT2D eigenvalue weighted by Crippen LogP contribution is 2.37. The average Bonchev–Trinajstić information content (AvgIpc) is 3.50. The molecule has 0 fully saturated rings. The predicted octanol–water partition coefficient (Wildman–Crippen LogP) is 8.25. The SMILES string of the molecule is [C-]#[N+]c1ccc2c(c1)c1ccccc1n2-c1ccccc1-c1ccccc1[Si](c1ccccc1)(c1ccccc1)c1ccccc1C#N. The number of aromatic nitrogens is 1. The molecule has 0 aliphatic carbocycles. The van der Waals surface area contributed by atoms with Crippen LogP contribution >= 0.6 is 0 Å². The van der Waals surface area contributed by atoms with Crippen LogP contribution in [0, 0.1) is 17.9 Å². The van der Waals surface area contributed by atoms with E-state index in [0.717, 1.165) is 43.8 Å². The summed E-state index contributed by atoms with van der Waals surface area (Å²) in [4.78, 5) is 3.74. The van der Waals surface area contributed by atoms with Gasteiger partial charge in [-0.2, -0.15) is 5.26 Å². The molecule has 48 heavy (non-hydrogen) atoms. The molecule has 4 heteroatoms. The number of nitriles is 1. The summed E-state index contributed by atoms with van der Waals surface area (Å²) in [5, 5.41) is 17.5. The molecular formula is C44H29N3Si. The third kappa shape index (κ3) is 4.48. The van der Waals surface area contributed by atoms with Crippen LogP contribution in [0.5, 0.6) is 0 Å². The molecule has 7 aromatic carbocycles. The van der Waals surface area contributed by atoms with Crippen LogP contribution in [0.3, 0.4) is 0 Å². The first-order valence-electron chi connectivity index (χ1n) is 16.0. The number of hydrogen-bond acceptors (Lipinski definition) is 1. The van der Waals surface area contributed by atoms with E-state index < -0.39 is 8.07 Å². The topological polar surface area (TPSA) is 33.1 Å². The maximum atomic E-state index is 10.6. The fourth-order valence-electron chi connectivity index (χ4n) is 7.45. The van der Waals surface area contributed by atoms with Gasteiger partial charge in [-0.3, -0.25) is 0 Å². The van der Waals surface area contributed by atoms with Crippen LogP contribution < -0.4 is 20.7 Å². The third-order valence-corrected chi connectivity index (χ3v) is 14.3. The molecular weight excluding hydrogens is 599 g/mol. The smallest absolute Gasteiger partial charge is 0.188 e. The van der Waals surface area contributed by atoms with Crippen molar-refractivity contribution in [1.29, 1.82) is 5.26 Å². The number of hydrogen-bond donors (Lipinski definition) is 0. The van der Waals surface area contributed by atoms with Gasteiger partial charge in [0.15, 0.2) is 13.8 Å². The van der Waals surface area contributed by atoms with Crippen molar-refractivity contribution in [3.8, 4) is 22.9 Å². The minimum atomic E-state index is -3.09. The molecule has 0 amide bonds. The summed E-state index contributed by atoms with van der Waals surface area (Å²) in [5.41, 5.74) is 6.75. The number of para-hydroxylation sites is 2. The Morgan fingerprint density at radius 3 is 1.79 bits per heavy atom. The van der Waals surface area contributed by atoms with Gasteiger partial charge in [0.05, 0.1) is 34.9 Å². The fourth-order valence-corrected chi connectivity index (χ4v) is 12.6. The summed E-state index contributed by atoms with van der Waals surface area (Å²) in [6.45, 7) is 7.67. The van der Waals surface area contributed by atoms with Crippen LogP contribution in [0.2, 0.25) is 0 Å². The number of fused-ring (bicyclic) bond motifs is 3. The second-order valence-electron chi connectivity index (χ2n) is 11.9. The van der Waals surface area contributed by atoms with Crippen molar-refractivity contribution in [1.82, 2.24) is 4.57 Å². The van der Waals surface area contributed by atoms with Gasteiger partial charge in [-0.1, -0.05) is 146 Å². The second-order valence-corrected chi connectivity index (χ2v) is 15.6. The largest absolute Gasteiger partial charge is 0.309 e. The quantitative estimate of drug-likeness (QED) is 0.104. The van der Waals surface area contributed by atoms with E-state index in [2.05, 4.69) is 167 Å². The van der Waals surface area contributed by atoms with Gasteiger partial charge in [0.25, 0.3) is 0 Å². The van der Waals surface area contributed by atoms with E-state index in [1.165, 1.54) is 15.6 Å². The maximum absolute atomic E-state index is 10.6. The molecule has 0 unspecified atom stereocenters. The van der Waals surface area contributed by atoms with Crippen LogP contribution in [-0.4, -0.2) is 12.6 Å². The molecule has 0 N–H and O–H groups in total. The third-order valence-electron chi connectivity index (χ3n) is 9.42. The highest BCUT2D eigenvalue weighted by atomic mass is 28.3. The Labute approximate surface area is 281 Å². The first-order valence-corrected chi connectivity index (χ1v) is 18.0. The molecule has 0 saturated heterocycles. The first-order chi connectivity index (χ1) is 23.8. The lowest BCUT2D eigenvalue weighted by molar-refractivity contribution is 1.18. The molecule has 0 aliphatic rings. The van der Waals surface area contributed by atoms with E-state index in [1.54, 1.807) is 0 Å². The molecule has 0 spiro atoms. The van der Waals surface area contributed by atoms with Gasteiger partial charge in [-0.05, 0) is 62.0 Å². The zero-order valence-electron chi connectivity index (χ0n) is 26.1. The van der Waals surface area contributed by atoms with Gasteiger partial charge in [0, 0.05) is 10.9 Å². The highest BCUT2D eigenvalue weighted by molar-refractivity contribution is 7.20. The van der Waals surface area contributed by atoms with Crippen molar-refractivity contribution < 1.29 is 0 Å². The Morgan fingerprint density at radius 1 is 0.521 bits per heavy atom. The predicted molar refractivity (Wildman–Crippen MR) is 201 cm³/mol. The van der Waals surface area contributed by atoms with Crippen LogP contribution in [0.15, 0.2) is 176 Å². The molecule has 0 radical (unpaired) electrons. The summed E-state index contributed by atoms with van der Waals surface area (Å²) in [7, 11) is -3.09. The Morgan fingerprint density at radius 2 is 1.08 bits per heavy atom. The molecule has 8 aromatic rings. The first kappa shape index (κ1) is 29.0. The minimum absolute atomic E-state index is 0.627. The lowest BCUT2D eigenvalue weighted by Gasteiger charge is -2.36. The van der Waals surface area contributed by atoms with Crippen molar-refractivity contribution in [3.63, 3.8) is 0 Å². The molecule has 224 valence electrons. The molecule has 1 aromatic heterocycles. The van der Waals surface area contributed by atoms with E-state index in [1.807, 2.05) is 24.3 Å². The Balaban J connectivity index is 1.51.